The molecular weight excluding hydrogens is 829 g/mol. The molecule has 0 radical (unpaired) electrons. The molecule has 326 valence electrons. The number of aromatic nitrogens is 1. The molecule has 2 N–H and O–H groups in total. The van der Waals surface area contributed by atoms with Crippen molar-refractivity contribution in [1.82, 2.24) is 14.8 Å². The minimum Gasteiger partial charge on any atom is -0.493 e. The Balaban J connectivity index is 1.13. The van der Waals surface area contributed by atoms with Gasteiger partial charge in [0, 0.05) is 49.1 Å². The summed E-state index contributed by atoms with van der Waals surface area (Å²) < 4.78 is 28.6. The number of hydrogen-bond acceptors (Lipinski definition) is 15. The molecule has 0 spiro atoms. The molecule has 0 saturated carbocycles. The quantitative estimate of drug-likeness (QED) is 0.0252. The first kappa shape index (κ1) is 46.3. The van der Waals surface area contributed by atoms with Gasteiger partial charge in [-0.3, -0.25) is 34.7 Å². The molecule has 2 fully saturated rings. The van der Waals surface area contributed by atoms with Crippen LogP contribution in [-0.4, -0.2) is 116 Å². The van der Waals surface area contributed by atoms with Gasteiger partial charge in [-0.25, -0.2) is 9.78 Å². The third-order valence-corrected chi connectivity index (χ3v) is 12.1. The first-order valence-electron chi connectivity index (χ1n) is 19.5. The number of likely N-dealkylation sites (N-methyl/N-ethyl adjacent to an activating group) is 1. The average molecular weight is 879 g/mol. The molecule has 1 aromatic heterocycles. The fraction of sp³-hybridized carbons (Fsp3) is 0.405. The molecule has 2 saturated heterocycles. The molecule has 3 aromatic rings. The first-order valence-corrected chi connectivity index (χ1v) is 21.8. The van der Waals surface area contributed by atoms with E-state index in [4.69, 9.17) is 23.7 Å². The lowest BCUT2D eigenvalue weighted by Gasteiger charge is -2.20. The SMILES string of the molecule is C=C1CCN(C(=O)c2cc(OC)c(OCCCCCOc3cc(NC(=O)C4CC(=C)CN4C)c(C=O)cc3OC)cc2NC(=O)OCCCSSc2ccc([N+](=O)[O-])cn2)C1. The zero-order valence-corrected chi connectivity index (χ0v) is 36.0. The average Bonchev–Trinajstić information content (AvgIpc) is 3.84. The fourth-order valence-corrected chi connectivity index (χ4v) is 8.42. The molecule has 5 rings (SSSR count). The zero-order chi connectivity index (χ0) is 43.9. The van der Waals surface area contributed by atoms with Crippen LogP contribution in [0.25, 0.3) is 0 Å². The standard InChI is InChI=1S/C42H50N6O11S2/c1-27-12-13-47(25-27)41(51)31-20-36(56-5)38(22-33(31)45-42(52)59-16-9-17-60-61-39-11-10-30(23-43-39)48(53)54)58-15-8-6-7-14-57-37-21-32(29(26-49)19-35(37)55-4)44-40(50)34-18-28(2)24-46(34)3/h10-11,19-23,26,34H,1-2,6-9,12-18,24-25H2,3-5H3,(H,44,50)(H,45,52). The van der Waals surface area contributed by atoms with Gasteiger partial charge in [-0.1, -0.05) is 35.1 Å². The molecule has 1 atom stereocenters. The molecule has 0 bridgehead atoms. The minimum atomic E-state index is -0.745. The predicted octanol–water partition coefficient (Wildman–Crippen LogP) is 7.43. The van der Waals surface area contributed by atoms with Gasteiger partial charge in [0.05, 0.1) is 61.9 Å². The summed E-state index contributed by atoms with van der Waals surface area (Å²) in [5, 5.41) is 17.0. The van der Waals surface area contributed by atoms with Crippen molar-refractivity contribution in [1.29, 1.82) is 0 Å². The highest BCUT2D eigenvalue weighted by Gasteiger charge is 2.31. The number of nitrogens with zero attached hydrogens (tertiary/aromatic N) is 4. The Kier molecular flexibility index (Phi) is 17.2. The Labute approximate surface area is 362 Å². The van der Waals surface area contributed by atoms with Crippen LogP contribution >= 0.6 is 21.6 Å². The van der Waals surface area contributed by atoms with E-state index in [0.717, 1.165) is 11.1 Å². The molecule has 0 aliphatic carbocycles. The van der Waals surface area contributed by atoms with Gasteiger partial charge in [0.25, 0.3) is 11.6 Å². The van der Waals surface area contributed by atoms with E-state index < -0.39 is 11.0 Å². The number of rotatable bonds is 22. The number of benzene rings is 2. The van der Waals surface area contributed by atoms with Crippen LogP contribution in [0.5, 0.6) is 23.0 Å². The molecule has 3 amide bonds. The van der Waals surface area contributed by atoms with Crippen molar-refractivity contribution in [2.75, 3.05) is 77.1 Å². The van der Waals surface area contributed by atoms with Crippen LogP contribution in [0.15, 0.2) is 71.9 Å². The summed E-state index contributed by atoms with van der Waals surface area (Å²) in [6, 6.07) is 8.81. The Morgan fingerprint density at radius 1 is 0.918 bits per heavy atom. The van der Waals surface area contributed by atoms with Gasteiger partial charge in [-0.05, 0) is 74.6 Å². The maximum atomic E-state index is 13.6. The number of carbonyl (C=O) groups excluding carboxylic acids is 4. The van der Waals surface area contributed by atoms with E-state index in [1.54, 1.807) is 29.2 Å². The summed E-state index contributed by atoms with van der Waals surface area (Å²) >= 11 is 0. The summed E-state index contributed by atoms with van der Waals surface area (Å²) in [6.07, 6.45) is 4.86. The minimum absolute atomic E-state index is 0.0826. The van der Waals surface area contributed by atoms with Crippen molar-refractivity contribution in [2.45, 2.75) is 49.6 Å². The number of anilines is 2. The second kappa shape index (κ2) is 22.7. The van der Waals surface area contributed by atoms with Crippen LogP contribution in [0.1, 0.15) is 59.2 Å². The Bertz CT molecular complexity index is 2100. The molecule has 19 heteroatoms. The zero-order valence-electron chi connectivity index (χ0n) is 34.4. The van der Waals surface area contributed by atoms with Crippen molar-refractivity contribution in [3.05, 3.63) is 88.1 Å². The van der Waals surface area contributed by atoms with Gasteiger partial charge in [0.15, 0.2) is 29.3 Å². The maximum absolute atomic E-state index is 13.6. The molecular formula is C42H50N6O11S2. The van der Waals surface area contributed by atoms with Gasteiger partial charge in [0.1, 0.15) is 11.2 Å². The second-order valence-corrected chi connectivity index (χ2v) is 16.7. The smallest absolute Gasteiger partial charge is 0.411 e. The number of aldehydes is 1. The summed E-state index contributed by atoms with van der Waals surface area (Å²) in [5.41, 5.74) is 2.83. The predicted molar refractivity (Wildman–Crippen MR) is 233 cm³/mol. The largest absolute Gasteiger partial charge is 0.493 e. The van der Waals surface area contributed by atoms with Gasteiger partial charge in [-0.15, -0.1) is 0 Å². The Morgan fingerprint density at radius 3 is 2.21 bits per heavy atom. The highest BCUT2D eigenvalue weighted by Crippen LogP contribution is 2.37. The summed E-state index contributed by atoms with van der Waals surface area (Å²) in [5.74, 6) is 1.47. The molecule has 3 heterocycles. The fourth-order valence-electron chi connectivity index (χ4n) is 6.50. The Hall–Kier alpha value is -5.79. The van der Waals surface area contributed by atoms with Crippen molar-refractivity contribution >= 4 is 62.8 Å². The van der Waals surface area contributed by atoms with Crippen molar-refractivity contribution in [2.24, 2.45) is 0 Å². The number of ether oxygens (including phenoxy) is 5. The summed E-state index contributed by atoms with van der Waals surface area (Å²) in [6.45, 7) is 10.2. The lowest BCUT2D eigenvalue weighted by molar-refractivity contribution is -0.385. The van der Waals surface area contributed by atoms with Gasteiger partial charge >= 0.3 is 6.09 Å². The van der Waals surface area contributed by atoms with Crippen molar-refractivity contribution < 1.29 is 47.8 Å². The van der Waals surface area contributed by atoms with E-state index in [-0.39, 0.29) is 47.0 Å². The second-order valence-electron chi connectivity index (χ2n) is 14.2. The first-order chi connectivity index (χ1) is 29.4. The third kappa shape index (κ3) is 13.1. The van der Waals surface area contributed by atoms with Crippen LogP contribution in [0.3, 0.4) is 0 Å². The highest BCUT2D eigenvalue weighted by molar-refractivity contribution is 8.76. The normalized spacial score (nSPS) is 15.0. The van der Waals surface area contributed by atoms with Crippen LogP contribution in [-0.2, 0) is 9.53 Å². The van der Waals surface area contributed by atoms with E-state index in [1.165, 1.54) is 54.1 Å². The number of nitrogens with one attached hydrogen (secondary N) is 2. The topological polar surface area (TPSA) is 201 Å². The number of hydrogen-bond donors (Lipinski definition) is 2. The highest BCUT2D eigenvalue weighted by atomic mass is 33.1. The molecule has 17 nitrogen and oxygen atoms in total. The molecule has 1 unspecified atom stereocenters. The Morgan fingerprint density at radius 2 is 1.62 bits per heavy atom. The number of likely N-dealkylation sites (tertiary alicyclic amines) is 2. The van der Waals surface area contributed by atoms with E-state index in [2.05, 4.69) is 28.8 Å². The lowest BCUT2D eigenvalue weighted by Crippen LogP contribution is -2.37. The number of pyridine rings is 1. The van der Waals surface area contributed by atoms with Crippen molar-refractivity contribution in [3.8, 4) is 23.0 Å². The molecule has 61 heavy (non-hydrogen) atoms. The monoisotopic (exact) mass is 878 g/mol. The van der Waals surface area contributed by atoms with E-state index in [0.29, 0.717) is 117 Å². The summed E-state index contributed by atoms with van der Waals surface area (Å²) in [7, 11) is 7.63. The van der Waals surface area contributed by atoms with E-state index in [1.807, 2.05) is 11.9 Å². The van der Waals surface area contributed by atoms with Gasteiger partial charge < -0.3 is 33.9 Å². The van der Waals surface area contributed by atoms with E-state index in [9.17, 15) is 29.3 Å². The van der Waals surface area contributed by atoms with Crippen LogP contribution in [0, 0.1) is 10.1 Å². The van der Waals surface area contributed by atoms with Crippen molar-refractivity contribution in [3.63, 3.8) is 0 Å². The number of methoxy groups -OCH3 is 2. The van der Waals surface area contributed by atoms with Gasteiger partial charge in [-0.2, -0.15) is 0 Å². The number of unbranched alkanes of at least 4 members (excludes halogenated alkanes) is 2. The molecule has 2 aliphatic rings. The van der Waals surface area contributed by atoms with Crippen LogP contribution < -0.4 is 29.6 Å². The van der Waals surface area contributed by atoms with Gasteiger partial charge in [0.2, 0.25) is 5.91 Å². The molecule has 2 aliphatic heterocycles. The van der Waals surface area contributed by atoms with E-state index >= 15 is 0 Å². The van der Waals surface area contributed by atoms with Crippen LogP contribution in [0.4, 0.5) is 21.9 Å². The molecule has 2 aromatic carbocycles. The lowest BCUT2D eigenvalue weighted by atomic mass is 10.1. The number of carbonyl (C=O) groups is 4. The number of amides is 3. The number of nitro groups is 1. The van der Waals surface area contributed by atoms with Crippen LogP contribution in [0.2, 0.25) is 0 Å². The maximum Gasteiger partial charge on any atom is 0.411 e. The third-order valence-electron chi connectivity index (χ3n) is 9.70. The summed E-state index contributed by atoms with van der Waals surface area (Å²) in [4.78, 5) is 69.5.